The van der Waals surface area contributed by atoms with E-state index in [9.17, 15) is 0 Å². The lowest BCUT2D eigenvalue weighted by atomic mass is 10.2. The van der Waals surface area contributed by atoms with Crippen LogP contribution >= 0.6 is 11.8 Å². The lowest BCUT2D eigenvalue weighted by molar-refractivity contribution is 0.384. The molecule has 7 heteroatoms. The third-order valence-corrected chi connectivity index (χ3v) is 4.57. The Balaban J connectivity index is 1.65. The van der Waals surface area contributed by atoms with Crippen LogP contribution in [0, 0.1) is 6.92 Å². The Morgan fingerprint density at radius 3 is 2.69 bits per heavy atom. The molecule has 26 heavy (non-hydrogen) atoms. The Hall–Kier alpha value is -3.19. The molecule has 1 aromatic carbocycles. The van der Waals surface area contributed by atoms with Crippen LogP contribution < -0.4 is 5.32 Å². The highest BCUT2D eigenvalue weighted by atomic mass is 32.2. The van der Waals surface area contributed by atoms with Crippen molar-refractivity contribution in [3.8, 4) is 11.3 Å². The van der Waals surface area contributed by atoms with Gasteiger partial charge in [-0.2, -0.15) is 0 Å². The number of benzene rings is 1. The van der Waals surface area contributed by atoms with Crippen LogP contribution in [0.5, 0.6) is 0 Å². The summed E-state index contributed by atoms with van der Waals surface area (Å²) in [7, 11) is 0. The number of hydrogen-bond acceptors (Lipinski definition) is 7. The summed E-state index contributed by atoms with van der Waals surface area (Å²) in [6, 6.07) is 15.5. The molecule has 0 aliphatic heterocycles. The number of nitrogens with one attached hydrogen (secondary N) is 1. The first-order valence-electron chi connectivity index (χ1n) is 7.99. The molecule has 0 aliphatic carbocycles. The number of para-hydroxylation sites is 1. The molecule has 1 N–H and O–H groups in total. The van der Waals surface area contributed by atoms with Crippen molar-refractivity contribution in [1.82, 2.24) is 20.1 Å². The predicted molar refractivity (Wildman–Crippen MR) is 100 cm³/mol. The molecule has 0 aliphatic rings. The van der Waals surface area contributed by atoms with E-state index < -0.39 is 0 Å². The molecule has 128 valence electrons. The van der Waals surface area contributed by atoms with Crippen LogP contribution in [0.3, 0.4) is 0 Å². The summed E-state index contributed by atoms with van der Waals surface area (Å²) in [6.45, 7) is 1.88. The SMILES string of the molecule is Cc1onc(Sc2cccnc2)c1-c1ccnc(Nc2ccccc2)n1. The van der Waals surface area contributed by atoms with Crippen LogP contribution in [-0.4, -0.2) is 20.1 Å². The van der Waals surface area contributed by atoms with Crippen molar-refractivity contribution in [2.45, 2.75) is 16.8 Å². The van der Waals surface area contributed by atoms with Crippen molar-refractivity contribution in [3.63, 3.8) is 0 Å². The van der Waals surface area contributed by atoms with E-state index in [0.29, 0.717) is 11.7 Å². The van der Waals surface area contributed by atoms with E-state index in [1.54, 1.807) is 18.6 Å². The highest BCUT2D eigenvalue weighted by molar-refractivity contribution is 7.99. The first-order valence-corrected chi connectivity index (χ1v) is 8.81. The Morgan fingerprint density at radius 2 is 1.88 bits per heavy atom. The third-order valence-electron chi connectivity index (χ3n) is 3.62. The zero-order valence-corrected chi connectivity index (χ0v) is 14.8. The molecule has 4 aromatic rings. The summed E-state index contributed by atoms with van der Waals surface area (Å²) in [6.07, 6.45) is 5.25. The van der Waals surface area contributed by atoms with Gasteiger partial charge in [-0.1, -0.05) is 35.1 Å². The first kappa shape index (κ1) is 16.3. The highest BCUT2D eigenvalue weighted by Crippen LogP contribution is 2.36. The normalized spacial score (nSPS) is 10.7. The fourth-order valence-electron chi connectivity index (χ4n) is 2.44. The second-order valence-corrected chi connectivity index (χ2v) is 6.53. The number of rotatable bonds is 5. The smallest absolute Gasteiger partial charge is 0.227 e. The fourth-order valence-corrected chi connectivity index (χ4v) is 3.35. The summed E-state index contributed by atoms with van der Waals surface area (Å²) in [5.41, 5.74) is 2.54. The number of pyridine rings is 1. The number of aromatic nitrogens is 4. The topological polar surface area (TPSA) is 76.7 Å². The van der Waals surface area contributed by atoms with Crippen molar-refractivity contribution in [1.29, 1.82) is 0 Å². The van der Waals surface area contributed by atoms with Gasteiger partial charge in [-0.05, 0) is 37.3 Å². The molecule has 0 fully saturated rings. The zero-order valence-electron chi connectivity index (χ0n) is 14.0. The van der Waals surface area contributed by atoms with Gasteiger partial charge in [0.2, 0.25) is 5.95 Å². The van der Waals surface area contributed by atoms with E-state index in [-0.39, 0.29) is 0 Å². The van der Waals surface area contributed by atoms with E-state index in [1.807, 2.05) is 55.5 Å². The number of aryl methyl sites for hydroxylation is 1. The molecule has 0 atom stereocenters. The van der Waals surface area contributed by atoms with Gasteiger partial charge in [0.25, 0.3) is 0 Å². The summed E-state index contributed by atoms with van der Waals surface area (Å²) in [4.78, 5) is 14.0. The quantitative estimate of drug-likeness (QED) is 0.550. The summed E-state index contributed by atoms with van der Waals surface area (Å²) in [5.74, 6) is 1.23. The Kier molecular flexibility index (Phi) is 4.61. The average Bonchev–Trinajstić information content (AvgIpc) is 3.04. The van der Waals surface area contributed by atoms with Crippen LogP contribution in [0.25, 0.3) is 11.3 Å². The first-order chi connectivity index (χ1) is 12.8. The van der Waals surface area contributed by atoms with Crippen LogP contribution in [-0.2, 0) is 0 Å². The summed E-state index contributed by atoms with van der Waals surface area (Å²) in [5, 5.41) is 8.14. The lowest BCUT2D eigenvalue weighted by Gasteiger charge is -2.06. The van der Waals surface area contributed by atoms with Crippen molar-refractivity contribution in [3.05, 3.63) is 72.9 Å². The van der Waals surface area contributed by atoms with Crippen LogP contribution in [0.4, 0.5) is 11.6 Å². The second-order valence-electron chi connectivity index (χ2n) is 5.47. The van der Waals surface area contributed by atoms with Crippen molar-refractivity contribution in [2.24, 2.45) is 0 Å². The molecule has 0 spiro atoms. The molecule has 3 heterocycles. The van der Waals surface area contributed by atoms with E-state index in [0.717, 1.165) is 26.9 Å². The average molecular weight is 361 g/mol. The van der Waals surface area contributed by atoms with E-state index in [2.05, 4.69) is 25.4 Å². The standard InChI is InChI=1S/C19H15N5OS/c1-13-17(18(24-25-13)26-15-8-5-10-20-12-15)16-9-11-21-19(23-16)22-14-6-3-2-4-7-14/h2-12H,1H3,(H,21,22,23). The monoisotopic (exact) mass is 361 g/mol. The minimum absolute atomic E-state index is 0.520. The van der Waals surface area contributed by atoms with Gasteiger partial charge in [0.1, 0.15) is 5.76 Å². The van der Waals surface area contributed by atoms with E-state index in [4.69, 9.17) is 4.52 Å². The fraction of sp³-hybridized carbons (Fsp3) is 0.0526. The molecule has 0 radical (unpaired) electrons. The van der Waals surface area contributed by atoms with Crippen molar-refractivity contribution < 1.29 is 4.52 Å². The van der Waals surface area contributed by atoms with E-state index in [1.165, 1.54) is 11.8 Å². The van der Waals surface area contributed by atoms with Gasteiger partial charge in [0.15, 0.2) is 5.03 Å². The van der Waals surface area contributed by atoms with Gasteiger partial charge in [-0.25, -0.2) is 9.97 Å². The van der Waals surface area contributed by atoms with Gasteiger partial charge in [-0.3, -0.25) is 4.98 Å². The molecular formula is C19H15N5OS. The Morgan fingerprint density at radius 1 is 1.00 bits per heavy atom. The number of hydrogen-bond donors (Lipinski definition) is 1. The van der Waals surface area contributed by atoms with Gasteiger partial charge in [-0.15, -0.1) is 0 Å². The van der Waals surface area contributed by atoms with Crippen molar-refractivity contribution in [2.75, 3.05) is 5.32 Å². The molecule has 0 saturated heterocycles. The minimum atomic E-state index is 0.520. The number of anilines is 2. The summed E-state index contributed by atoms with van der Waals surface area (Å²) >= 11 is 1.49. The molecule has 0 amide bonds. The molecule has 0 saturated carbocycles. The van der Waals surface area contributed by atoms with E-state index >= 15 is 0 Å². The molecule has 4 rings (SSSR count). The second kappa shape index (κ2) is 7.37. The highest BCUT2D eigenvalue weighted by Gasteiger charge is 2.18. The Labute approximate surface area is 154 Å². The van der Waals surface area contributed by atoms with Gasteiger partial charge >= 0.3 is 0 Å². The summed E-state index contributed by atoms with van der Waals surface area (Å²) < 4.78 is 5.41. The van der Waals surface area contributed by atoms with Crippen LogP contribution in [0.2, 0.25) is 0 Å². The minimum Gasteiger partial charge on any atom is -0.360 e. The van der Waals surface area contributed by atoms with Gasteiger partial charge < -0.3 is 9.84 Å². The Bertz CT molecular complexity index is 1000. The lowest BCUT2D eigenvalue weighted by Crippen LogP contribution is -1.98. The maximum absolute atomic E-state index is 5.41. The molecule has 3 aromatic heterocycles. The maximum Gasteiger partial charge on any atom is 0.227 e. The molecular weight excluding hydrogens is 346 g/mol. The third kappa shape index (κ3) is 3.57. The predicted octanol–water partition coefficient (Wildman–Crippen LogP) is 4.73. The van der Waals surface area contributed by atoms with Gasteiger partial charge in [0.05, 0.1) is 11.3 Å². The molecule has 0 unspecified atom stereocenters. The van der Waals surface area contributed by atoms with Crippen molar-refractivity contribution >= 4 is 23.4 Å². The zero-order chi connectivity index (χ0) is 17.8. The largest absolute Gasteiger partial charge is 0.360 e. The number of nitrogens with zero attached hydrogens (tertiary/aromatic N) is 4. The van der Waals surface area contributed by atoms with Gasteiger partial charge in [0, 0.05) is 29.2 Å². The maximum atomic E-state index is 5.41. The molecule has 0 bridgehead atoms. The molecule has 6 nitrogen and oxygen atoms in total. The van der Waals surface area contributed by atoms with Crippen LogP contribution in [0.15, 0.2) is 81.6 Å². The van der Waals surface area contributed by atoms with Crippen LogP contribution in [0.1, 0.15) is 5.76 Å².